The number of halogens is 4. The molecule has 2 aromatic heterocycles. The first kappa shape index (κ1) is 24.1. The summed E-state index contributed by atoms with van der Waals surface area (Å²) in [6.45, 7) is -1.12. The van der Waals surface area contributed by atoms with E-state index in [0.717, 1.165) is 29.3 Å². The van der Waals surface area contributed by atoms with Gasteiger partial charge in [0, 0.05) is 29.0 Å². The van der Waals surface area contributed by atoms with Crippen LogP contribution >= 0.6 is 0 Å². The zero-order valence-corrected chi connectivity index (χ0v) is 21.8. The van der Waals surface area contributed by atoms with Crippen LogP contribution in [0, 0.1) is 34.8 Å². The summed E-state index contributed by atoms with van der Waals surface area (Å²) < 4.78 is 99.8. The van der Waals surface area contributed by atoms with Gasteiger partial charge in [-0.1, -0.05) is 24.0 Å². The number of hydrogen-bond donors (Lipinski definition) is 1. The normalized spacial score (nSPS) is 13.8. The minimum absolute atomic E-state index is 0.0273. The number of aliphatic hydroxyl groups is 1. The van der Waals surface area contributed by atoms with Crippen LogP contribution in [0.3, 0.4) is 0 Å². The van der Waals surface area contributed by atoms with Crippen LogP contribution in [-0.2, 0) is 24.7 Å². The molecule has 0 unspecified atom stereocenters. The van der Waals surface area contributed by atoms with Crippen molar-refractivity contribution in [1.82, 2.24) is 25.2 Å². The molecule has 0 aliphatic carbocycles. The van der Waals surface area contributed by atoms with E-state index in [4.69, 9.17) is 15.5 Å². The molecule has 0 aliphatic heterocycles. The molecule has 1 N–H and O–H groups in total. The van der Waals surface area contributed by atoms with E-state index in [2.05, 4.69) is 32.4 Å². The summed E-state index contributed by atoms with van der Waals surface area (Å²) in [5.41, 5.74) is -4.47. The van der Waals surface area contributed by atoms with Crippen LogP contribution < -0.4 is 4.74 Å². The molecule has 0 fully saturated rings. The third-order valence-electron chi connectivity index (χ3n) is 6.16. The molecule has 0 amide bonds. The Morgan fingerprint density at radius 3 is 2.30 bits per heavy atom. The minimum atomic E-state index is -4.29. The zero-order valence-electron chi connectivity index (χ0n) is 25.8. The van der Waals surface area contributed by atoms with E-state index in [1.54, 1.807) is 24.3 Å². The zero-order chi connectivity index (χ0) is 33.9. The van der Waals surface area contributed by atoms with E-state index >= 15 is 8.78 Å². The van der Waals surface area contributed by atoms with Gasteiger partial charge < -0.3 is 9.84 Å². The third-order valence-corrected chi connectivity index (χ3v) is 6.16. The maximum Gasteiger partial charge on any atom is 0.323 e. The summed E-state index contributed by atoms with van der Waals surface area (Å²) >= 11 is 0. The lowest BCUT2D eigenvalue weighted by atomic mass is 9.84. The van der Waals surface area contributed by atoms with Crippen molar-refractivity contribution in [2.75, 3.05) is 0 Å². The van der Waals surface area contributed by atoms with Crippen molar-refractivity contribution in [2.24, 2.45) is 0 Å². The molecule has 0 radical (unpaired) electrons. The van der Waals surface area contributed by atoms with Crippen LogP contribution in [0.15, 0.2) is 91.3 Å². The number of benzene rings is 3. The number of aromatic nitrogens is 5. The number of pyridine rings is 1. The van der Waals surface area contributed by atoms with Crippen LogP contribution in [0.25, 0.3) is 0 Å². The molecule has 0 bridgehead atoms. The van der Waals surface area contributed by atoms with Gasteiger partial charge >= 0.3 is 5.92 Å². The smallest absolute Gasteiger partial charge is 0.323 e. The molecule has 0 aliphatic rings. The molecular weight excluding hydrogens is 564 g/mol. The van der Waals surface area contributed by atoms with Crippen molar-refractivity contribution in [2.45, 2.75) is 24.7 Å². The molecule has 0 saturated carbocycles. The Bertz CT molecular complexity index is 2020. The van der Waals surface area contributed by atoms with Crippen molar-refractivity contribution in [3.05, 3.63) is 136 Å². The Kier molecular flexibility index (Phi) is 6.77. The predicted molar refractivity (Wildman–Crippen MR) is 144 cm³/mol. The number of nitrogens with zero attached hydrogens (tertiary/aromatic N) is 6. The summed E-state index contributed by atoms with van der Waals surface area (Å²) in [5.74, 6) is -2.02. The largest absolute Gasteiger partial charge is 0.489 e. The Labute approximate surface area is 248 Å². The summed E-state index contributed by atoms with van der Waals surface area (Å²) in [4.78, 5) is 3.71. The lowest BCUT2D eigenvalue weighted by Gasteiger charge is -2.35. The second-order valence-corrected chi connectivity index (χ2v) is 9.05. The van der Waals surface area contributed by atoms with Gasteiger partial charge in [0.05, 0.1) is 23.7 Å². The Hall–Kier alpha value is -5.59. The van der Waals surface area contributed by atoms with Crippen molar-refractivity contribution >= 4 is 0 Å². The monoisotopic (exact) mass is 588 g/mol. The maximum atomic E-state index is 16.0. The number of nitriles is 1. The van der Waals surface area contributed by atoms with E-state index in [-0.39, 0.29) is 23.5 Å². The summed E-state index contributed by atoms with van der Waals surface area (Å²) in [7, 11) is 0. The number of alkyl halides is 2. The topological polar surface area (TPSA) is 110 Å². The van der Waals surface area contributed by atoms with Crippen molar-refractivity contribution in [3.8, 4) is 23.7 Å². The van der Waals surface area contributed by atoms with E-state index in [9.17, 15) is 13.9 Å². The highest BCUT2D eigenvalue weighted by Crippen LogP contribution is 2.46. The summed E-state index contributed by atoms with van der Waals surface area (Å²) in [6.07, 6.45) is 1.84. The number of tetrazole rings is 1. The second-order valence-electron chi connectivity index (χ2n) is 9.05. The average Bonchev–Trinajstić information content (AvgIpc) is 3.57. The van der Waals surface area contributed by atoms with E-state index in [1.165, 1.54) is 0 Å². The molecule has 12 heteroatoms. The van der Waals surface area contributed by atoms with Crippen LogP contribution in [-0.4, -0.2) is 30.3 Å². The average molecular weight is 589 g/mol. The molecule has 214 valence electrons. The molecule has 8 nitrogen and oxygen atoms in total. The van der Waals surface area contributed by atoms with Crippen molar-refractivity contribution < 1.29 is 32.9 Å². The summed E-state index contributed by atoms with van der Waals surface area (Å²) in [5, 5.41) is 30.3. The number of hydrogen-bond acceptors (Lipinski definition) is 7. The second kappa shape index (κ2) is 12.1. The highest BCUT2D eigenvalue weighted by Gasteiger charge is 2.58. The molecule has 3 aromatic carbocycles. The van der Waals surface area contributed by atoms with Gasteiger partial charge in [-0.05, 0) is 76.6 Å². The highest BCUT2D eigenvalue weighted by atomic mass is 19.3. The standard InChI is InChI=1S/C31H20F4N6O2/c32-25-10-13-27(28(33)15-25)30(42,19-41-20-38-39-40-41)31(34,35)29-14-9-23(17-37-29)4-1-21-7-11-26(12-8-21)43-18-24-5-2-22(16-36)3-6-24/h2-3,5-15,17,20,42H,18-19H2/t30-/m0/s1/i7D,8D,11D,12D. The van der Waals surface area contributed by atoms with Crippen molar-refractivity contribution in [3.63, 3.8) is 0 Å². The SMILES string of the molecule is [2H]c1c([2H])c(OCc2ccc(C#N)cc2)c([2H])c([2H])c1C#Cc1ccc(C(F)(F)[C@](O)(Cn2cnnn2)c2ccc(F)cc2F)nc1. The van der Waals surface area contributed by atoms with E-state index < -0.39 is 65.1 Å². The molecule has 5 aromatic rings. The number of rotatable bonds is 8. The van der Waals surface area contributed by atoms with Gasteiger partial charge in [-0.2, -0.15) is 14.0 Å². The fraction of sp³-hybridized carbons (Fsp3) is 0.129. The molecule has 2 heterocycles. The first-order valence-corrected chi connectivity index (χ1v) is 12.3. The van der Waals surface area contributed by atoms with E-state index in [1.807, 2.05) is 6.07 Å². The van der Waals surface area contributed by atoms with Crippen LogP contribution in [0.5, 0.6) is 5.75 Å². The van der Waals surface area contributed by atoms with Gasteiger partial charge in [0.2, 0.25) is 0 Å². The third kappa shape index (κ3) is 6.35. The van der Waals surface area contributed by atoms with Gasteiger partial charge in [-0.25, -0.2) is 13.5 Å². The molecule has 1 atom stereocenters. The van der Waals surface area contributed by atoms with Crippen LogP contribution in [0.1, 0.15) is 39.0 Å². The quantitative estimate of drug-likeness (QED) is 0.203. The van der Waals surface area contributed by atoms with Gasteiger partial charge in [0.25, 0.3) is 0 Å². The van der Waals surface area contributed by atoms with Crippen LogP contribution in [0.2, 0.25) is 0 Å². The van der Waals surface area contributed by atoms with Gasteiger partial charge in [-0.15, -0.1) is 5.10 Å². The fourth-order valence-electron chi connectivity index (χ4n) is 3.93. The fourth-order valence-corrected chi connectivity index (χ4v) is 3.93. The van der Waals surface area contributed by atoms with Gasteiger partial charge in [0.1, 0.15) is 36.0 Å². The highest BCUT2D eigenvalue weighted by molar-refractivity contribution is 5.44. The molecule has 0 saturated heterocycles. The Morgan fingerprint density at radius 2 is 1.67 bits per heavy atom. The molecule has 5 rings (SSSR count). The first-order valence-electron chi connectivity index (χ1n) is 14.3. The lowest BCUT2D eigenvalue weighted by molar-refractivity contribution is -0.207. The lowest BCUT2D eigenvalue weighted by Crippen LogP contribution is -2.48. The Morgan fingerprint density at radius 1 is 0.953 bits per heavy atom. The summed E-state index contributed by atoms with van der Waals surface area (Å²) in [6, 6.07) is 10.1. The molecular formula is C31H20F4N6O2. The van der Waals surface area contributed by atoms with Gasteiger partial charge in [-0.3, -0.25) is 4.98 Å². The van der Waals surface area contributed by atoms with Crippen LogP contribution in [0.4, 0.5) is 17.6 Å². The van der Waals surface area contributed by atoms with E-state index in [0.29, 0.717) is 29.3 Å². The van der Waals surface area contributed by atoms with Gasteiger partial charge in [0.15, 0.2) is 5.60 Å². The Balaban J connectivity index is 1.42. The molecule has 43 heavy (non-hydrogen) atoms. The predicted octanol–water partition coefficient (Wildman–Crippen LogP) is 4.88. The van der Waals surface area contributed by atoms with Crippen molar-refractivity contribution in [1.29, 1.82) is 5.26 Å². The first-order chi connectivity index (χ1) is 22.4. The minimum Gasteiger partial charge on any atom is -0.489 e. The number of ether oxygens (including phenoxy) is 1. The molecule has 0 spiro atoms. The maximum absolute atomic E-state index is 16.0.